The summed E-state index contributed by atoms with van der Waals surface area (Å²) in [6.07, 6.45) is 1.46. The molecule has 2 aliphatic heterocycles. The average molecular weight is 247 g/mol. The number of hydrogen-bond donors (Lipinski definition) is 0. The molecule has 50 valence electrons. The summed E-state index contributed by atoms with van der Waals surface area (Å²) in [5.41, 5.74) is -0.724. The summed E-state index contributed by atoms with van der Waals surface area (Å²) in [6, 6.07) is 1.54. The SMILES string of the molecule is O=c1nc2ccnc-2c1=O.[Cd]. The van der Waals surface area contributed by atoms with E-state index in [1.807, 2.05) is 0 Å². The molecule has 0 spiro atoms. The minimum absolute atomic E-state index is 0. The van der Waals surface area contributed by atoms with Gasteiger partial charge in [-0.05, 0) is 6.07 Å². The molecule has 0 unspecified atom stereocenters. The van der Waals surface area contributed by atoms with Crippen LogP contribution in [-0.2, 0) is 27.3 Å². The van der Waals surface area contributed by atoms with Gasteiger partial charge >= 0.3 is 5.56 Å². The van der Waals surface area contributed by atoms with Crippen molar-refractivity contribution in [2.75, 3.05) is 0 Å². The molecule has 5 heteroatoms. The Bertz CT molecular complexity index is 419. The molecular formula is C6H2CdN2O2. The summed E-state index contributed by atoms with van der Waals surface area (Å²) in [5, 5.41) is 0. The van der Waals surface area contributed by atoms with Crippen molar-refractivity contribution in [2.45, 2.75) is 0 Å². The predicted molar refractivity (Wildman–Crippen MR) is 33.6 cm³/mol. The molecule has 11 heavy (non-hydrogen) atoms. The summed E-state index contributed by atoms with van der Waals surface area (Å²) in [6.45, 7) is 0. The summed E-state index contributed by atoms with van der Waals surface area (Å²) in [4.78, 5) is 28.4. The van der Waals surface area contributed by atoms with E-state index in [9.17, 15) is 9.59 Å². The fourth-order valence-corrected chi connectivity index (χ4v) is 0.854. The second-order valence-corrected chi connectivity index (χ2v) is 1.92. The molecule has 2 rings (SSSR count). The third-order valence-corrected chi connectivity index (χ3v) is 1.31. The molecule has 0 atom stereocenters. The van der Waals surface area contributed by atoms with E-state index in [-0.39, 0.29) is 33.0 Å². The van der Waals surface area contributed by atoms with Gasteiger partial charge in [0.1, 0.15) is 5.69 Å². The number of rotatable bonds is 0. The molecule has 0 aromatic heterocycles. The Morgan fingerprint density at radius 3 is 2.64 bits per heavy atom. The monoisotopic (exact) mass is 248 g/mol. The first-order valence-corrected chi connectivity index (χ1v) is 2.71. The smallest absolute Gasteiger partial charge is 0.281 e. The van der Waals surface area contributed by atoms with E-state index in [2.05, 4.69) is 9.97 Å². The zero-order valence-corrected chi connectivity index (χ0v) is 9.61. The van der Waals surface area contributed by atoms with Gasteiger partial charge in [0.05, 0.1) is 5.69 Å². The minimum atomic E-state index is -0.710. The van der Waals surface area contributed by atoms with Gasteiger partial charge in [-0.3, -0.25) is 14.6 Å². The first kappa shape index (κ1) is 8.44. The topological polar surface area (TPSA) is 59.9 Å². The Balaban J connectivity index is 0.000000605. The van der Waals surface area contributed by atoms with Gasteiger partial charge in [0.2, 0.25) is 0 Å². The third-order valence-electron chi connectivity index (χ3n) is 1.31. The van der Waals surface area contributed by atoms with E-state index in [4.69, 9.17) is 0 Å². The fraction of sp³-hybridized carbons (Fsp3) is 0. The van der Waals surface area contributed by atoms with E-state index < -0.39 is 11.0 Å². The van der Waals surface area contributed by atoms with E-state index >= 15 is 0 Å². The molecule has 2 heterocycles. The molecule has 0 fully saturated rings. The second-order valence-electron chi connectivity index (χ2n) is 1.92. The van der Waals surface area contributed by atoms with E-state index in [0.29, 0.717) is 5.69 Å². The van der Waals surface area contributed by atoms with Crippen molar-refractivity contribution in [2.24, 2.45) is 0 Å². The Hall–Kier alpha value is -0.658. The molecule has 0 saturated carbocycles. The van der Waals surface area contributed by atoms with Crippen LogP contribution in [0, 0.1) is 0 Å². The van der Waals surface area contributed by atoms with Gasteiger partial charge in [-0.1, -0.05) is 0 Å². The number of aromatic nitrogens is 2. The summed E-state index contributed by atoms with van der Waals surface area (Å²) in [5.74, 6) is 0. The van der Waals surface area contributed by atoms with Crippen LogP contribution in [0.2, 0.25) is 0 Å². The molecule has 2 aliphatic rings. The standard InChI is InChI=1S/C6H2N2O2.Cd/c9-5-4-3(1-2-7-4)8-6(5)10;/h1-2H;. The van der Waals surface area contributed by atoms with Crippen LogP contribution < -0.4 is 11.0 Å². The quantitative estimate of drug-likeness (QED) is 0.450. The predicted octanol–water partition coefficient (Wildman–Crippen LogP) is -0.825. The largest absolute Gasteiger partial charge is 0.320 e. The maximum Gasteiger partial charge on any atom is 0.320 e. The molecule has 0 amide bonds. The molecule has 4 nitrogen and oxygen atoms in total. The maximum atomic E-state index is 10.8. The molecule has 0 aliphatic carbocycles. The molecule has 0 bridgehead atoms. The van der Waals surface area contributed by atoms with Gasteiger partial charge in [-0.2, -0.15) is 0 Å². The van der Waals surface area contributed by atoms with Gasteiger partial charge < -0.3 is 0 Å². The van der Waals surface area contributed by atoms with Crippen molar-refractivity contribution in [3.63, 3.8) is 0 Å². The van der Waals surface area contributed by atoms with Gasteiger partial charge in [0, 0.05) is 33.5 Å². The Morgan fingerprint density at radius 1 is 1.27 bits per heavy atom. The summed E-state index contributed by atoms with van der Waals surface area (Å²) >= 11 is 0. The van der Waals surface area contributed by atoms with Crippen LogP contribution in [0.3, 0.4) is 0 Å². The summed E-state index contributed by atoms with van der Waals surface area (Å²) in [7, 11) is 0. The normalized spacial score (nSPS) is 9.82. The van der Waals surface area contributed by atoms with Crippen LogP contribution in [0.5, 0.6) is 0 Å². The molecule has 0 N–H and O–H groups in total. The molecule has 0 aromatic carbocycles. The minimum Gasteiger partial charge on any atom is -0.281 e. The van der Waals surface area contributed by atoms with Gasteiger partial charge in [-0.15, -0.1) is 0 Å². The Morgan fingerprint density at radius 2 is 2.00 bits per heavy atom. The molecule has 0 aromatic rings. The molecule has 0 saturated heterocycles. The van der Waals surface area contributed by atoms with Crippen LogP contribution in [0.25, 0.3) is 11.4 Å². The van der Waals surface area contributed by atoms with Gasteiger partial charge in [0.25, 0.3) is 5.43 Å². The zero-order chi connectivity index (χ0) is 7.14. The number of hydrogen-bond acceptors (Lipinski definition) is 4. The van der Waals surface area contributed by atoms with Crippen LogP contribution >= 0.6 is 0 Å². The first-order chi connectivity index (χ1) is 4.79. The van der Waals surface area contributed by atoms with E-state index in [1.165, 1.54) is 12.3 Å². The van der Waals surface area contributed by atoms with Crippen molar-refractivity contribution >= 4 is 0 Å². The van der Waals surface area contributed by atoms with Crippen LogP contribution in [0.15, 0.2) is 21.9 Å². The Labute approximate surface area is 81.5 Å². The fourth-order valence-electron chi connectivity index (χ4n) is 0.854. The van der Waals surface area contributed by atoms with Crippen molar-refractivity contribution in [1.29, 1.82) is 0 Å². The van der Waals surface area contributed by atoms with Crippen LogP contribution in [0.4, 0.5) is 0 Å². The third kappa shape index (κ3) is 1.11. The zero-order valence-electron chi connectivity index (χ0n) is 5.57. The van der Waals surface area contributed by atoms with Gasteiger partial charge in [0.15, 0.2) is 0 Å². The summed E-state index contributed by atoms with van der Waals surface area (Å²) < 4.78 is 0. The first-order valence-electron chi connectivity index (χ1n) is 2.71. The van der Waals surface area contributed by atoms with Crippen molar-refractivity contribution in [3.8, 4) is 11.4 Å². The van der Waals surface area contributed by atoms with Crippen molar-refractivity contribution < 1.29 is 27.3 Å². The van der Waals surface area contributed by atoms with Crippen molar-refractivity contribution in [1.82, 2.24) is 9.97 Å². The van der Waals surface area contributed by atoms with E-state index in [1.54, 1.807) is 0 Å². The van der Waals surface area contributed by atoms with E-state index in [0.717, 1.165) is 0 Å². The molecular weight excluding hydrogens is 244 g/mol. The maximum absolute atomic E-state index is 10.8. The number of fused-ring (bicyclic) bond motifs is 1. The Kier molecular flexibility index (Phi) is 2.12. The van der Waals surface area contributed by atoms with Gasteiger partial charge in [-0.25, -0.2) is 4.98 Å². The van der Waals surface area contributed by atoms with Crippen LogP contribution in [-0.4, -0.2) is 9.97 Å². The number of nitrogens with zero attached hydrogens (tertiary/aromatic N) is 2. The van der Waals surface area contributed by atoms with Crippen LogP contribution in [0.1, 0.15) is 0 Å². The average Bonchev–Trinajstić information content (AvgIpc) is 2.41. The molecule has 0 radical (unpaired) electrons. The van der Waals surface area contributed by atoms with Crippen molar-refractivity contribution in [3.05, 3.63) is 32.8 Å². The second kappa shape index (κ2) is 2.76.